The zero-order valence-corrected chi connectivity index (χ0v) is 12.0. The second-order valence-electron chi connectivity index (χ2n) is 4.30. The minimum absolute atomic E-state index is 0.181. The molecule has 1 heterocycles. The summed E-state index contributed by atoms with van der Waals surface area (Å²) in [7, 11) is 0. The Morgan fingerprint density at radius 2 is 2.16 bits per heavy atom. The lowest BCUT2D eigenvalue weighted by Gasteiger charge is -2.06. The summed E-state index contributed by atoms with van der Waals surface area (Å²) >= 11 is 1.42. The predicted molar refractivity (Wildman–Crippen MR) is 78.5 cm³/mol. The Bertz CT molecular complexity index is 583. The Kier molecular flexibility index (Phi) is 4.80. The minimum atomic E-state index is -0.181. The van der Waals surface area contributed by atoms with E-state index in [9.17, 15) is 4.79 Å². The van der Waals surface area contributed by atoms with Gasteiger partial charge in [-0.3, -0.25) is 4.79 Å². The van der Waals surface area contributed by atoms with Crippen LogP contribution in [0.3, 0.4) is 0 Å². The van der Waals surface area contributed by atoms with Crippen molar-refractivity contribution in [2.45, 2.75) is 25.3 Å². The molecule has 3 nitrogen and oxygen atoms in total. The van der Waals surface area contributed by atoms with Crippen LogP contribution in [0.1, 0.15) is 18.9 Å². The zero-order chi connectivity index (χ0) is 13.7. The van der Waals surface area contributed by atoms with Crippen molar-refractivity contribution in [3.8, 4) is 0 Å². The number of carbonyl (C=O) groups is 1. The van der Waals surface area contributed by atoms with E-state index in [4.69, 9.17) is 4.74 Å². The minimum Gasteiger partial charge on any atom is -0.465 e. The summed E-state index contributed by atoms with van der Waals surface area (Å²) in [5.41, 5.74) is 2.14. The van der Waals surface area contributed by atoms with E-state index in [2.05, 4.69) is 18.0 Å². The Balaban J connectivity index is 2.07. The maximum absolute atomic E-state index is 11.5. The van der Waals surface area contributed by atoms with Gasteiger partial charge in [0.2, 0.25) is 0 Å². The topological polar surface area (TPSA) is 39.2 Å². The number of fused-ring (bicyclic) bond motifs is 1. The summed E-state index contributed by atoms with van der Waals surface area (Å²) < 4.78 is 5.04. The van der Waals surface area contributed by atoms with Crippen LogP contribution in [-0.2, 0) is 9.53 Å². The number of thioether (sulfide) groups is 1. The molecule has 0 atom stereocenters. The van der Waals surface area contributed by atoms with E-state index in [0.717, 1.165) is 22.3 Å². The fourth-order valence-electron chi connectivity index (χ4n) is 1.78. The summed E-state index contributed by atoms with van der Waals surface area (Å²) in [6.07, 6.45) is 0.851. The van der Waals surface area contributed by atoms with E-state index >= 15 is 0 Å². The molecule has 2 aromatic rings. The third kappa shape index (κ3) is 3.70. The molecule has 0 N–H and O–H groups in total. The molecule has 0 amide bonds. The fourth-order valence-corrected chi connectivity index (χ4v) is 2.55. The highest BCUT2D eigenvalue weighted by atomic mass is 32.2. The molecule has 1 aromatic heterocycles. The Morgan fingerprint density at radius 3 is 2.95 bits per heavy atom. The number of esters is 1. The molecule has 0 aliphatic heterocycles. The number of para-hydroxylation sites is 1. The molecule has 0 spiro atoms. The molecule has 19 heavy (non-hydrogen) atoms. The quantitative estimate of drug-likeness (QED) is 0.617. The van der Waals surface area contributed by atoms with Crippen LogP contribution in [-0.4, -0.2) is 23.3 Å². The van der Waals surface area contributed by atoms with Gasteiger partial charge in [0, 0.05) is 5.39 Å². The van der Waals surface area contributed by atoms with Crippen LogP contribution in [0.2, 0.25) is 0 Å². The number of hydrogen-bond donors (Lipinski definition) is 0. The van der Waals surface area contributed by atoms with E-state index in [1.54, 1.807) is 0 Å². The predicted octanol–water partition coefficient (Wildman–Crippen LogP) is 3.59. The van der Waals surface area contributed by atoms with Crippen LogP contribution in [0, 0.1) is 6.92 Å². The molecule has 1 aromatic carbocycles. The van der Waals surface area contributed by atoms with Crippen molar-refractivity contribution in [2.24, 2.45) is 0 Å². The Morgan fingerprint density at radius 1 is 1.37 bits per heavy atom. The smallest absolute Gasteiger partial charge is 0.316 e. The van der Waals surface area contributed by atoms with Gasteiger partial charge in [0.15, 0.2) is 0 Å². The lowest BCUT2D eigenvalue weighted by atomic mass is 10.1. The number of aromatic nitrogens is 1. The normalized spacial score (nSPS) is 10.6. The van der Waals surface area contributed by atoms with Crippen molar-refractivity contribution >= 4 is 28.6 Å². The van der Waals surface area contributed by atoms with E-state index in [1.165, 1.54) is 17.3 Å². The van der Waals surface area contributed by atoms with Gasteiger partial charge in [0.05, 0.1) is 22.9 Å². The number of hydrogen-bond acceptors (Lipinski definition) is 4. The van der Waals surface area contributed by atoms with Gasteiger partial charge >= 0.3 is 5.97 Å². The zero-order valence-electron chi connectivity index (χ0n) is 11.2. The lowest BCUT2D eigenvalue weighted by molar-refractivity contribution is -0.140. The SMILES string of the molecule is CCCOC(=O)CSc1cc(C)c2ccccc2n1. The number of benzene rings is 1. The first kappa shape index (κ1) is 13.9. The van der Waals surface area contributed by atoms with Crippen molar-refractivity contribution in [3.63, 3.8) is 0 Å². The van der Waals surface area contributed by atoms with Crippen LogP contribution in [0.25, 0.3) is 10.9 Å². The average Bonchev–Trinajstić information content (AvgIpc) is 2.43. The molecule has 2 rings (SSSR count). The first-order valence-corrected chi connectivity index (χ1v) is 7.34. The maximum Gasteiger partial charge on any atom is 0.316 e. The molecule has 0 aliphatic rings. The fraction of sp³-hybridized carbons (Fsp3) is 0.333. The maximum atomic E-state index is 11.5. The number of nitrogens with zero attached hydrogens (tertiary/aromatic N) is 1. The lowest BCUT2D eigenvalue weighted by Crippen LogP contribution is -2.07. The second-order valence-corrected chi connectivity index (χ2v) is 5.30. The second kappa shape index (κ2) is 6.57. The molecular weight excluding hydrogens is 258 g/mol. The van der Waals surface area contributed by atoms with Crippen LogP contribution >= 0.6 is 11.8 Å². The van der Waals surface area contributed by atoms with Gasteiger partial charge in [-0.05, 0) is 31.0 Å². The highest BCUT2D eigenvalue weighted by Gasteiger charge is 2.07. The molecule has 0 fully saturated rings. The number of aryl methyl sites for hydroxylation is 1. The van der Waals surface area contributed by atoms with Crippen molar-refractivity contribution in [1.82, 2.24) is 4.98 Å². The van der Waals surface area contributed by atoms with E-state index in [0.29, 0.717) is 12.4 Å². The third-order valence-corrected chi connectivity index (χ3v) is 3.59. The average molecular weight is 275 g/mol. The standard InChI is InChI=1S/C15H17NO2S/c1-3-8-18-15(17)10-19-14-9-11(2)12-6-4-5-7-13(12)16-14/h4-7,9H,3,8,10H2,1-2H3. The van der Waals surface area contributed by atoms with Crippen LogP contribution in [0.4, 0.5) is 0 Å². The van der Waals surface area contributed by atoms with Gasteiger partial charge in [-0.25, -0.2) is 4.98 Å². The van der Waals surface area contributed by atoms with Gasteiger partial charge in [0.1, 0.15) is 0 Å². The number of carbonyl (C=O) groups excluding carboxylic acids is 1. The summed E-state index contributed by atoms with van der Waals surface area (Å²) in [4.78, 5) is 16.0. The number of rotatable bonds is 5. The Hall–Kier alpha value is -1.55. The van der Waals surface area contributed by atoms with Crippen molar-refractivity contribution in [2.75, 3.05) is 12.4 Å². The molecule has 0 saturated heterocycles. The first-order chi connectivity index (χ1) is 9.20. The summed E-state index contributed by atoms with van der Waals surface area (Å²) in [6.45, 7) is 4.53. The van der Waals surface area contributed by atoms with Gasteiger partial charge in [-0.2, -0.15) is 0 Å². The molecule has 0 saturated carbocycles. The highest BCUT2D eigenvalue weighted by Crippen LogP contribution is 2.23. The number of pyridine rings is 1. The van der Waals surface area contributed by atoms with Crippen molar-refractivity contribution in [3.05, 3.63) is 35.9 Å². The summed E-state index contributed by atoms with van der Waals surface area (Å²) in [5.74, 6) is 0.129. The molecule has 4 heteroatoms. The third-order valence-electron chi connectivity index (χ3n) is 2.70. The van der Waals surface area contributed by atoms with E-state index < -0.39 is 0 Å². The van der Waals surface area contributed by atoms with Crippen molar-refractivity contribution < 1.29 is 9.53 Å². The molecule has 0 aliphatic carbocycles. The molecule has 0 radical (unpaired) electrons. The first-order valence-electron chi connectivity index (χ1n) is 6.35. The monoisotopic (exact) mass is 275 g/mol. The molecule has 0 bridgehead atoms. The van der Waals surface area contributed by atoms with E-state index in [-0.39, 0.29) is 5.97 Å². The van der Waals surface area contributed by atoms with Gasteiger partial charge in [0.25, 0.3) is 0 Å². The van der Waals surface area contributed by atoms with Crippen LogP contribution in [0.15, 0.2) is 35.4 Å². The molecule has 100 valence electrons. The van der Waals surface area contributed by atoms with E-state index in [1.807, 2.05) is 31.2 Å². The summed E-state index contributed by atoms with van der Waals surface area (Å²) in [6, 6.07) is 10.0. The number of ether oxygens (including phenoxy) is 1. The Labute approximate surface area is 117 Å². The van der Waals surface area contributed by atoms with Gasteiger partial charge in [-0.1, -0.05) is 36.9 Å². The van der Waals surface area contributed by atoms with Crippen LogP contribution < -0.4 is 0 Å². The molecule has 0 unspecified atom stereocenters. The van der Waals surface area contributed by atoms with Crippen molar-refractivity contribution in [1.29, 1.82) is 0 Å². The largest absolute Gasteiger partial charge is 0.465 e. The summed E-state index contributed by atoms with van der Waals surface area (Å²) in [5, 5.41) is 2.02. The van der Waals surface area contributed by atoms with Gasteiger partial charge in [-0.15, -0.1) is 0 Å². The highest BCUT2D eigenvalue weighted by molar-refractivity contribution is 7.99. The molecular formula is C15H17NO2S. The van der Waals surface area contributed by atoms with Crippen LogP contribution in [0.5, 0.6) is 0 Å². The van der Waals surface area contributed by atoms with Gasteiger partial charge < -0.3 is 4.74 Å².